The average molecular weight is 346 g/mol. The summed E-state index contributed by atoms with van der Waals surface area (Å²) in [6.45, 7) is 0.935. The van der Waals surface area contributed by atoms with Crippen LogP contribution in [0.2, 0.25) is 0 Å². The summed E-state index contributed by atoms with van der Waals surface area (Å²) < 4.78 is 1.67. The smallest absolute Gasteiger partial charge is 0.245 e. The number of aromatic nitrogens is 5. The van der Waals surface area contributed by atoms with E-state index in [2.05, 4.69) is 15.3 Å². The molecule has 5 rings (SSSR count). The molecule has 1 fully saturated rings. The Labute approximate surface area is 149 Å². The van der Waals surface area contributed by atoms with Crippen molar-refractivity contribution in [3.8, 4) is 0 Å². The number of para-hydroxylation sites is 3. The maximum atomic E-state index is 13.0. The fourth-order valence-corrected chi connectivity index (χ4v) is 3.73. The van der Waals surface area contributed by atoms with Gasteiger partial charge in [0.05, 0.1) is 22.6 Å². The Morgan fingerprint density at radius 2 is 1.92 bits per heavy atom. The maximum Gasteiger partial charge on any atom is 0.245 e. The molecule has 130 valence electrons. The first-order chi connectivity index (χ1) is 12.8. The van der Waals surface area contributed by atoms with E-state index in [1.807, 2.05) is 53.4 Å². The third-order valence-electron chi connectivity index (χ3n) is 5.00. The highest BCUT2D eigenvalue weighted by Crippen LogP contribution is 2.31. The van der Waals surface area contributed by atoms with Crippen LogP contribution in [-0.4, -0.2) is 42.3 Å². The number of carbonyl (C=O) groups excluding carboxylic acids is 1. The van der Waals surface area contributed by atoms with Crippen molar-refractivity contribution in [2.24, 2.45) is 0 Å². The molecule has 2 aromatic heterocycles. The molecule has 2 aromatic carbocycles. The quantitative estimate of drug-likeness (QED) is 0.618. The lowest BCUT2D eigenvalue weighted by atomic mass is 10.2. The average Bonchev–Trinajstić information content (AvgIpc) is 3.39. The van der Waals surface area contributed by atoms with Gasteiger partial charge >= 0.3 is 0 Å². The molecule has 1 atom stereocenters. The Morgan fingerprint density at radius 1 is 1.12 bits per heavy atom. The van der Waals surface area contributed by atoms with E-state index in [1.165, 1.54) is 0 Å². The normalized spacial score (nSPS) is 17.4. The third kappa shape index (κ3) is 2.44. The number of nitrogens with zero attached hydrogens (tertiary/aromatic N) is 5. The van der Waals surface area contributed by atoms with Crippen molar-refractivity contribution in [1.29, 1.82) is 0 Å². The molecule has 1 aliphatic heterocycles. The number of aromatic amines is 1. The summed E-state index contributed by atoms with van der Waals surface area (Å²) in [6.07, 6.45) is 1.90. The van der Waals surface area contributed by atoms with Crippen molar-refractivity contribution in [2.75, 3.05) is 6.54 Å². The van der Waals surface area contributed by atoms with Gasteiger partial charge in [0.15, 0.2) is 0 Å². The highest BCUT2D eigenvalue weighted by molar-refractivity contribution is 5.80. The minimum Gasteiger partial charge on any atom is -0.340 e. The monoisotopic (exact) mass is 346 g/mol. The highest BCUT2D eigenvalue weighted by atomic mass is 16.2. The van der Waals surface area contributed by atoms with Gasteiger partial charge in [-0.15, -0.1) is 5.10 Å². The molecule has 7 nitrogen and oxygen atoms in total. The molecule has 1 aliphatic rings. The van der Waals surface area contributed by atoms with E-state index in [0.717, 1.165) is 47.3 Å². The first kappa shape index (κ1) is 15.1. The Kier molecular flexibility index (Phi) is 3.44. The summed E-state index contributed by atoms with van der Waals surface area (Å²) >= 11 is 0. The molecular weight excluding hydrogens is 328 g/mol. The molecular formula is C19H18N6O. The molecule has 1 saturated heterocycles. The Morgan fingerprint density at radius 3 is 2.81 bits per heavy atom. The standard InChI is InChI=1S/C19H18N6O/c26-18(12-25-16-9-4-3-8-15(16)22-23-25)24-11-5-10-17(24)19-20-13-6-1-2-7-14(13)21-19/h1-4,6-9,17H,5,10-12H2,(H,20,21)/t17-/m1/s1. The number of rotatable bonds is 3. The van der Waals surface area contributed by atoms with Gasteiger partial charge in [-0.1, -0.05) is 29.5 Å². The number of likely N-dealkylation sites (tertiary alicyclic amines) is 1. The second-order valence-electron chi connectivity index (χ2n) is 6.62. The molecule has 1 amide bonds. The number of hydrogen-bond acceptors (Lipinski definition) is 4. The molecule has 26 heavy (non-hydrogen) atoms. The number of fused-ring (bicyclic) bond motifs is 2. The summed E-state index contributed by atoms with van der Waals surface area (Å²) in [5.41, 5.74) is 3.61. The molecule has 0 radical (unpaired) electrons. The van der Waals surface area contributed by atoms with Gasteiger partial charge in [0.25, 0.3) is 0 Å². The molecule has 0 aliphatic carbocycles. The topological polar surface area (TPSA) is 79.7 Å². The van der Waals surface area contributed by atoms with Gasteiger partial charge in [0, 0.05) is 6.54 Å². The SMILES string of the molecule is O=C(Cn1nnc2ccccc21)N1CCC[C@@H]1c1nc2ccccc2[nH]1. The van der Waals surface area contributed by atoms with Crippen molar-refractivity contribution in [3.05, 3.63) is 54.4 Å². The summed E-state index contributed by atoms with van der Waals surface area (Å²) in [4.78, 5) is 22.9. The van der Waals surface area contributed by atoms with Crippen molar-refractivity contribution in [3.63, 3.8) is 0 Å². The zero-order valence-corrected chi connectivity index (χ0v) is 14.2. The largest absolute Gasteiger partial charge is 0.340 e. The lowest BCUT2D eigenvalue weighted by Gasteiger charge is -2.23. The number of hydrogen-bond donors (Lipinski definition) is 1. The van der Waals surface area contributed by atoms with Gasteiger partial charge in [-0.2, -0.15) is 0 Å². The second kappa shape index (κ2) is 5.94. The van der Waals surface area contributed by atoms with E-state index in [1.54, 1.807) is 4.68 Å². The van der Waals surface area contributed by atoms with Gasteiger partial charge < -0.3 is 9.88 Å². The molecule has 4 aromatic rings. The van der Waals surface area contributed by atoms with Gasteiger partial charge in [-0.3, -0.25) is 4.79 Å². The van der Waals surface area contributed by atoms with Crippen LogP contribution >= 0.6 is 0 Å². The zero-order valence-electron chi connectivity index (χ0n) is 14.2. The minimum absolute atomic E-state index is 0.00955. The molecule has 0 saturated carbocycles. The predicted octanol–water partition coefficient (Wildman–Crippen LogP) is 2.67. The number of imidazole rings is 1. The van der Waals surface area contributed by atoms with Crippen LogP contribution in [0, 0.1) is 0 Å². The van der Waals surface area contributed by atoms with Crippen LogP contribution in [-0.2, 0) is 11.3 Å². The number of benzene rings is 2. The molecule has 1 N–H and O–H groups in total. The van der Waals surface area contributed by atoms with E-state index in [-0.39, 0.29) is 18.5 Å². The van der Waals surface area contributed by atoms with Crippen molar-refractivity contribution in [2.45, 2.75) is 25.4 Å². The minimum atomic E-state index is -0.00955. The first-order valence-electron chi connectivity index (χ1n) is 8.82. The van der Waals surface area contributed by atoms with Crippen LogP contribution in [0.15, 0.2) is 48.5 Å². The van der Waals surface area contributed by atoms with Gasteiger partial charge in [-0.05, 0) is 37.1 Å². The van der Waals surface area contributed by atoms with Crippen LogP contribution in [0.3, 0.4) is 0 Å². The number of carbonyl (C=O) groups is 1. The van der Waals surface area contributed by atoms with Crippen molar-refractivity contribution in [1.82, 2.24) is 29.9 Å². The summed E-state index contributed by atoms with van der Waals surface area (Å²) in [5, 5.41) is 8.26. The summed E-state index contributed by atoms with van der Waals surface area (Å²) in [7, 11) is 0. The fraction of sp³-hybridized carbons (Fsp3) is 0.263. The second-order valence-corrected chi connectivity index (χ2v) is 6.62. The lowest BCUT2D eigenvalue weighted by Crippen LogP contribution is -2.34. The number of H-pyrrole nitrogens is 1. The summed E-state index contributed by atoms with van der Waals surface area (Å²) in [5.74, 6) is 0.907. The van der Waals surface area contributed by atoms with Crippen molar-refractivity contribution < 1.29 is 4.79 Å². The van der Waals surface area contributed by atoms with Crippen LogP contribution in [0.4, 0.5) is 0 Å². The first-order valence-corrected chi connectivity index (χ1v) is 8.82. The fourth-order valence-electron chi connectivity index (χ4n) is 3.73. The molecule has 7 heteroatoms. The van der Waals surface area contributed by atoms with Crippen LogP contribution < -0.4 is 0 Å². The number of nitrogens with one attached hydrogen (secondary N) is 1. The Balaban J connectivity index is 1.42. The Bertz CT molecular complexity index is 1060. The third-order valence-corrected chi connectivity index (χ3v) is 5.00. The van der Waals surface area contributed by atoms with Crippen LogP contribution in [0.25, 0.3) is 22.1 Å². The van der Waals surface area contributed by atoms with Gasteiger partial charge in [0.1, 0.15) is 17.9 Å². The Hall–Kier alpha value is -3.22. The van der Waals surface area contributed by atoms with E-state index < -0.39 is 0 Å². The molecule has 0 bridgehead atoms. The summed E-state index contributed by atoms with van der Waals surface area (Å²) in [6, 6.07) is 15.6. The maximum absolute atomic E-state index is 13.0. The highest BCUT2D eigenvalue weighted by Gasteiger charge is 2.32. The van der Waals surface area contributed by atoms with Gasteiger partial charge in [0.2, 0.25) is 5.91 Å². The van der Waals surface area contributed by atoms with E-state index in [0.29, 0.717) is 0 Å². The van der Waals surface area contributed by atoms with E-state index >= 15 is 0 Å². The molecule has 0 spiro atoms. The molecule has 3 heterocycles. The van der Waals surface area contributed by atoms with Crippen LogP contribution in [0.1, 0.15) is 24.7 Å². The lowest BCUT2D eigenvalue weighted by molar-refractivity contribution is -0.133. The number of amides is 1. The predicted molar refractivity (Wildman–Crippen MR) is 97.3 cm³/mol. The van der Waals surface area contributed by atoms with E-state index in [4.69, 9.17) is 4.98 Å². The zero-order chi connectivity index (χ0) is 17.5. The van der Waals surface area contributed by atoms with Crippen LogP contribution in [0.5, 0.6) is 0 Å². The van der Waals surface area contributed by atoms with Gasteiger partial charge in [-0.25, -0.2) is 9.67 Å². The van der Waals surface area contributed by atoms with E-state index in [9.17, 15) is 4.79 Å². The molecule has 0 unspecified atom stereocenters. The van der Waals surface area contributed by atoms with Crippen molar-refractivity contribution >= 4 is 28.0 Å².